The summed E-state index contributed by atoms with van der Waals surface area (Å²) in [5, 5.41) is 10.7. The molecule has 2 aromatic carbocycles. The molecule has 0 radical (unpaired) electrons. The number of carbonyl (C=O) groups excluding carboxylic acids is 1. The summed E-state index contributed by atoms with van der Waals surface area (Å²) in [4.78, 5) is 28.7. The molecule has 0 N–H and O–H groups in total. The van der Waals surface area contributed by atoms with Gasteiger partial charge in [0.2, 0.25) is 0 Å². The van der Waals surface area contributed by atoms with Crippen molar-refractivity contribution in [2.45, 2.75) is 6.92 Å². The lowest BCUT2D eigenvalue weighted by Crippen LogP contribution is -2.30. The summed E-state index contributed by atoms with van der Waals surface area (Å²) in [6.07, 6.45) is 1.62. The zero-order chi connectivity index (χ0) is 17.3. The first kappa shape index (κ1) is 16.1. The monoisotopic (exact) mass is 385 g/mol. The molecule has 0 saturated carbocycles. The Bertz CT molecular complexity index is 871. The van der Waals surface area contributed by atoms with Gasteiger partial charge in [0.15, 0.2) is 0 Å². The second-order valence-corrected chi connectivity index (χ2v) is 6.07. The highest BCUT2D eigenvalue weighted by atomic mass is 79.9. The molecule has 120 valence electrons. The van der Waals surface area contributed by atoms with Gasteiger partial charge in [-0.15, -0.1) is 0 Å². The number of amides is 1. The number of benzene rings is 2. The van der Waals surface area contributed by atoms with Crippen molar-refractivity contribution in [1.29, 1.82) is 0 Å². The molecule has 0 fully saturated rings. The number of halogens is 1. The summed E-state index contributed by atoms with van der Waals surface area (Å²) >= 11 is 3.36. The Hall–Kier alpha value is -2.80. The van der Waals surface area contributed by atoms with Gasteiger partial charge in [0.05, 0.1) is 10.6 Å². The highest BCUT2D eigenvalue weighted by Gasteiger charge is 2.28. The Labute approximate surface area is 146 Å². The van der Waals surface area contributed by atoms with E-state index in [-0.39, 0.29) is 11.6 Å². The van der Waals surface area contributed by atoms with Crippen LogP contribution in [-0.2, 0) is 4.79 Å². The first-order chi connectivity index (χ1) is 11.5. The van der Waals surface area contributed by atoms with E-state index in [1.807, 2.05) is 24.3 Å². The van der Waals surface area contributed by atoms with Crippen LogP contribution >= 0.6 is 15.9 Å². The third kappa shape index (κ3) is 3.11. The Morgan fingerprint density at radius 3 is 2.33 bits per heavy atom. The molecule has 0 atom stereocenters. The van der Waals surface area contributed by atoms with E-state index in [1.165, 1.54) is 17.0 Å². The number of nitro groups is 1. The van der Waals surface area contributed by atoms with Crippen LogP contribution in [0.25, 0.3) is 6.08 Å². The van der Waals surface area contributed by atoms with Crippen LogP contribution in [0.5, 0.6) is 0 Å². The normalized spacial score (nSPS) is 15.8. The lowest BCUT2D eigenvalue weighted by atomic mass is 10.1. The van der Waals surface area contributed by atoms with Gasteiger partial charge in [0.25, 0.3) is 11.6 Å². The van der Waals surface area contributed by atoms with E-state index < -0.39 is 4.92 Å². The largest absolute Gasteiger partial charge is 0.282 e. The lowest BCUT2D eigenvalue weighted by Gasteiger charge is -2.15. The van der Waals surface area contributed by atoms with Crippen LogP contribution in [0.15, 0.2) is 63.7 Å². The van der Waals surface area contributed by atoms with Crippen molar-refractivity contribution < 1.29 is 9.72 Å². The molecule has 0 aromatic heterocycles. The Morgan fingerprint density at radius 2 is 1.75 bits per heavy atom. The van der Waals surface area contributed by atoms with E-state index >= 15 is 0 Å². The second kappa shape index (κ2) is 6.37. The number of aliphatic imine (C=N–C) groups is 1. The molecule has 3 rings (SSSR count). The van der Waals surface area contributed by atoms with Gasteiger partial charge < -0.3 is 0 Å². The summed E-state index contributed by atoms with van der Waals surface area (Å²) in [6, 6.07) is 13.3. The average molecular weight is 386 g/mol. The van der Waals surface area contributed by atoms with Crippen LogP contribution in [-0.4, -0.2) is 16.7 Å². The summed E-state index contributed by atoms with van der Waals surface area (Å²) in [6.45, 7) is 1.76. The summed E-state index contributed by atoms with van der Waals surface area (Å²) in [7, 11) is 0. The van der Waals surface area contributed by atoms with Gasteiger partial charge in [-0.25, -0.2) is 4.99 Å². The molecule has 6 nitrogen and oxygen atoms in total. The SMILES string of the molecule is CC1=N/C(=C\c2ccc([N+](=O)[O-])cc2)C(=O)N1c1ccc(Br)cc1. The fourth-order valence-electron chi connectivity index (χ4n) is 2.37. The smallest absolute Gasteiger partial charge is 0.266 e. The highest BCUT2D eigenvalue weighted by molar-refractivity contribution is 9.10. The number of carbonyl (C=O) groups is 1. The molecular weight excluding hydrogens is 374 g/mol. The Balaban J connectivity index is 1.89. The van der Waals surface area contributed by atoms with E-state index in [9.17, 15) is 14.9 Å². The summed E-state index contributed by atoms with van der Waals surface area (Å²) in [5.74, 6) is 0.351. The minimum Gasteiger partial charge on any atom is -0.266 e. The number of nitrogens with zero attached hydrogens (tertiary/aromatic N) is 3. The fraction of sp³-hybridized carbons (Fsp3) is 0.0588. The van der Waals surface area contributed by atoms with Gasteiger partial charge in [-0.3, -0.25) is 19.8 Å². The standard InChI is InChI=1S/C17H12BrN3O3/c1-11-19-16(10-12-2-6-15(7-3-12)21(23)24)17(22)20(11)14-8-4-13(18)5-9-14/h2-10H,1H3/b16-10-. The number of anilines is 1. The number of non-ortho nitro benzene ring substituents is 1. The van der Waals surface area contributed by atoms with Crippen LogP contribution in [0.4, 0.5) is 11.4 Å². The minimum atomic E-state index is -0.463. The van der Waals surface area contributed by atoms with Crippen LogP contribution < -0.4 is 4.90 Å². The lowest BCUT2D eigenvalue weighted by molar-refractivity contribution is -0.384. The molecule has 0 spiro atoms. The molecule has 1 aliphatic heterocycles. The second-order valence-electron chi connectivity index (χ2n) is 5.15. The third-order valence-corrected chi connectivity index (χ3v) is 4.05. The number of hydrogen-bond acceptors (Lipinski definition) is 4. The molecule has 1 heterocycles. The van der Waals surface area contributed by atoms with Crippen LogP contribution in [0.2, 0.25) is 0 Å². The van der Waals surface area contributed by atoms with Crippen molar-refractivity contribution in [2.75, 3.05) is 4.90 Å². The molecule has 1 aliphatic rings. The molecule has 0 bridgehead atoms. The molecule has 2 aromatic rings. The van der Waals surface area contributed by atoms with E-state index in [0.29, 0.717) is 17.1 Å². The Morgan fingerprint density at radius 1 is 1.12 bits per heavy atom. The summed E-state index contributed by atoms with van der Waals surface area (Å²) < 4.78 is 0.925. The number of amidine groups is 1. The van der Waals surface area contributed by atoms with Crippen LogP contribution in [0.1, 0.15) is 12.5 Å². The van der Waals surface area contributed by atoms with Gasteiger partial charge in [-0.1, -0.05) is 15.9 Å². The van der Waals surface area contributed by atoms with Crippen molar-refractivity contribution in [3.63, 3.8) is 0 Å². The first-order valence-electron chi connectivity index (χ1n) is 7.07. The molecule has 24 heavy (non-hydrogen) atoms. The van der Waals surface area contributed by atoms with Crippen molar-refractivity contribution in [3.8, 4) is 0 Å². The number of nitro benzene ring substituents is 1. The van der Waals surface area contributed by atoms with E-state index in [0.717, 1.165) is 10.2 Å². The van der Waals surface area contributed by atoms with Crippen molar-refractivity contribution in [1.82, 2.24) is 0 Å². The predicted octanol–water partition coefficient (Wildman–Crippen LogP) is 4.16. The average Bonchev–Trinajstić information content (AvgIpc) is 2.83. The van der Waals surface area contributed by atoms with Gasteiger partial charge in [-0.2, -0.15) is 0 Å². The quantitative estimate of drug-likeness (QED) is 0.452. The third-order valence-electron chi connectivity index (χ3n) is 3.52. The van der Waals surface area contributed by atoms with Gasteiger partial charge in [-0.05, 0) is 55.0 Å². The molecular formula is C17H12BrN3O3. The zero-order valence-corrected chi connectivity index (χ0v) is 14.2. The van der Waals surface area contributed by atoms with Crippen molar-refractivity contribution in [3.05, 3.63) is 74.4 Å². The van der Waals surface area contributed by atoms with Crippen molar-refractivity contribution >= 4 is 45.1 Å². The molecule has 1 amide bonds. The minimum absolute atomic E-state index is 0.00562. The van der Waals surface area contributed by atoms with E-state index in [2.05, 4.69) is 20.9 Å². The van der Waals surface area contributed by atoms with Gasteiger partial charge in [0.1, 0.15) is 11.5 Å². The maximum absolute atomic E-state index is 12.6. The van der Waals surface area contributed by atoms with Crippen LogP contribution in [0.3, 0.4) is 0 Å². The molecule has 0 unspecified atom stereocenters. The molecule has 0 aliphatic carbocycles. The predicted molar refractivity (Wildman–Crippen MR) is 95.8 cm³/mol. The number of hydrogen-bond donors (Lipinski definition) is 0. The highest BCUT2D eigenvalue weighted by Crippen LogP contribution is 2.26. The van der Waals surface area contributed by atoms with Crippen LogP contribution in [0, 0.1) is 10.1 Å². The van der Waals surface area contributed by atoms with Crippen molar-refractivity contribution in [2.24, 2.45) is 4.99 Å². The number of rotatable bonds is 3. The first-order valence-corrected chi connectivity index (χ1v) is 7.86. The fourth-order valence-corrected chi connectivity index (χ4v) is 2.64. The molecule has 0 saturated heterocycles. The molecule has 7 heteroatoms. The maximum Gasteiger partial charge on any atom is 0.282 e. The van der Waals surface area contributed by atoms with Gasteiger partial charge >= 0.3 is 0 Å². The Kier molecular flexibility index (Phi) is 4.26. The zero-order valence-electron chi connectivity index (χ0n) is 12.6. The maximum atomic E-state index is 12.6. The summed E-state index contributed by atoms with van der Waals surface area (Å²) in [5.41, 5.74) is 1.71. The topological polar surface area (TPSA) is 75.8 Å². The van der Waals surface area contributed by atoms with E-state index in [1.54, 1.807) is 25.1 Å². The van der Waals surface area contributed by atoms with E-state index in [4.69, 9.17) is 0 Å². The van der Waals surface area contributed by atoms with Gasteiger partial charge in [0, 0.05) is 16.6 Å².